The van der Waals surface area contributed by atoms with Crippen molar-refractivity contribution in [2.75, 3.05) is 19.8 Å². The maximum Gasteiger partial charge on any atom is 0.331 e. The predicted octanol–water partition coefficient (Wildman–Crippen LogP) is 3.35. The van der Waals surface area contributed by atoms with Gasteiger partial charge in [0.15, 0.2) is 0 Å². The summed E-state index contributed by atoms with van der Waals surface area (Å²) in [5.74, 6) is -0.445. The first-order valence-electron chi connectivity index (χ1n) is 11.4. The monoisotopic (exact) mass is 434 g/mol. The second-order valence-electron chi connectivity index (χ2n) is 10.2. The second kappa shape index (κ2) is 7.91. The molecular formula is C24H34O7. The van der Waals surface area contributed by atoms with Crippen molar-refractivity contribution in [1.82, 2.24) is 0 Å². The van der Waals surface area contributed by atoms with Crippen molar-refractivity contribution in [2.45, 2.75) is 77.9 Å². The van der Waals surface area contributed by atoms with Crippen LogP contribution < -0.4 is 0 Å². The minimum atomic E-state index is -0.555. The lowest BCUT2D eigenvalue weighted by Gasteiger charge is -2.63. The van der Waals surface area contributed by atoms with Crippen LogP contribution in [-0.2, 0) is 33.3 Å². The van der Waals surface area contributed by atoms with Crippen LogP contribution in [-0.4, -0.2) is 49.4 Å². The van der Waals surface area contributed by atoms with E-state index in [-0.39, 0.29) is 42.0 Å². The summed E-state index contributed by atoms with van der Waals surface area (Å²) in [5, 5.41) is 0. The molecule has 1 spiro atoms. The third-order valence-corrected chi connectivity index (χ3v) is 8.63. The maximum atomic E-state index is 12.1. The van der Waals surface area contributed by atoms with Gasteiger partial charge in [-0.15, -0.1) is 0 Å². The summed E-state index contributed by atoms with van der Waals surface area (Å²) in [4.78, 5) is 35.4. The summed E-state index contributed by atoms with van der Waals surface area (Å²) in [7, 11) is 0. The highest BCUT2D eigenvalue weighted by molar-refractivity contribution is 5.85. The van der Waals surface area contributed by atoms with Crippen LogP contribution in [0.25, 0.3) is 0 Å². The molecule has 3 fully saturated rings. The Hall–Kier alpha value is -1.89. The van der Waals surface area contributed by atoms with Gasteiger partial charge in [0.05, 0.1) is 12.0 Å². The number of rotatable bonds is 6. The van der Waals surface area contributed by atoms with Crippen molar-refractivity contribution < 1.29 is 33.3 Å². The molecule has 0 aromatic carbocycles. The Balaban J connectivity index is 1.71. The molecule has 4 rings (SSSR count). The molecule has 0 bridgehead atoms. The Morgan fingerprint density at radius 2 is 2.00 bits per heavy atom. The molecule has 2 saturated carbocycles. The van der Waals surface area contributed by atoms with Gasteiger partial charge in [0, 0.05) is 19.9 Å². The summed E-state index contributed by atoms with van der Waals surface area (Å²) >= 11 is 0. The van der Waals surface area contributed by atoms with Gasteiger partial charge in [0.25, 0.3) is 0 Å². The molecular weight excluding hydrogens is 400 g/mol. The number of esters is 3. The van der Waals surface area contributed by atoms with E-state index < -0.39 is 11.0 Å². The number of carbonyl (C=O) groups excluding carboxylic acids is 3. The van der Waals surface area contributed by atoms with Crippen LogP contribution in [0.4, 0.5) is 0 Å². The summed E-state index contributed by atoms with van der Waals surface area (Å²) in [5.41, 5.74) is -0.0131. The molecule has 1 saturated heterocycles. The number of ether oxygens (including phenoxy) is 4. The van der Waals surface area contributed by atoms with Crippen LogP contribution in [0.1, 0.15) is 66.2 Å². The molecule has 6 atom stereocenters. The minimum absolute atomic E-state index is 0.0807. The van der Waals surface area contributed by atoms with E-state index in [1.165, 1.54) is 13.8 Å². The molecule has 7 nitrogen and oxygen atoms in total. The lowest BCUT2D eigenvalue weighted by Crippen LogP contribution is -2.67. The summed E-state index contributed by atoms with van der Waals surface area (Å²) in [6.07, 6.45) is 6.54. The lowest BCUT2D eigenvalue weighted by atomic mass is 9.43. The van der Waals surface area contributed by atoms with Gasteiger partial charge in [-0.1, -0.05) is 20.3 Å². The van der Waals surface area contributed by atoms with E-state index in [1.807, 2.05) is 0 Å². The minimum Gasteiger partial charge on any atom is -0.465 e. The molecule has 172 valence electrons. The van der Waals surface area contributed by atoms with Crippen LogP contribution in [0.3, 0.4) is 0 Å². The summed E-state index contributed by atoms with van der Waals surface area (Å²) < 4.78 is 22.8. The topological polar surface area (TPSA) is 91.4 Å². The molecule has 2 heterocycles. The normalized spacial score (nSPS) is 41.2. The quantitative estimate of drug-likeness (QED) is 0.360. The molecule has 31 heavy (non-hydrogen) atoms. The lowest BCUT2D eigenvalue weighted by molar-refractivity contribution is -0.228. The van der Waals surface area contributed by atoms with E-state index in [9.17, 15) is 14.4 Å². The van der Waals surface area contributed by atoms with Gasteiger partial charge in [-0.2, -0.15) is 0 Å². The number of hydrogen-bond acceptors (Lipinski definition) is 7. The number of hydrogen-bond donors (Lipinski definition) is 0. The molecule has 2 aliphatic carbocycles. The summed E-state index contributed by atoms with van der Waals surface area (Å²) in [6.45, 7) is 8.60. The maximum absolute atomic E-state index is 12.1. The number of carbonyl (C=O) groups is 3. The average Bonchev–Trinajstić information content (AvgIpc) is 3.35. The Bertz CT molecular complexity index is 798. The van der Waals surface area contributed by atoms with E-state index in [1.54, 1.807) is 6.08 Å². The average molecular weight is 435 g/mol. The molecule has 7 heteroatoms. The van der Waals surface area contributed by atoms with Crippen LogP contribution in [0.2, 0.25) is 0 Å². The van der Waals surface area contributed by atoms with Crippen LogP contribution in [0, 0.1) is 22.7 Å². The first kappa shape index (κ1) is 22.3. The zero-order chi connectivity index (χ0) is 22.4. The molecule has 0 aromatic heterocycles. The smallest absolute Gasteiger partial charge is 0.331 e. The zero-order valence-corrected chi connectivity index (χ0v) is 19.0. The molecule has 2 aliphatic heterocycles. The van der Waals surface area contributed by atoms with E-state index in [4.69, 9.17) is 18.9 Å². The highest BCUT2D eigenvalue weighted by Crippen LogP contribution is 2.69. The standard InChI is InChI=1S/C24H34O7/c1-15-10-20(31-17(3)26)24(14-29-16(2)25)19(6-5-8-23(24)13-30-23)22(15,4)9-7-18-11-21(27)28-12-18/h11,15,19-20H,5-10,12-14H2,1-4H3/t15-,19+,20+,22+,23+,24+/m1/s1. The molecule has 4 aliphatic rings. The van der Waals surface area contributed by atoms with Crippen molar-refractivity contribution in [3.63, 3.8) is 0 Å². The van der Waals surface area contributed by atoms with Crippen molar-refractivity contribution in [3.8, 4) is 0 Å². The highest BCUT2D eigenvalue weighted by atomic mass is 16.6. The number of fused-ring (bicyclic) bond motifs is 2. The molecule has 0 radical (unpaired) electrons. The largest absolute Gasteiger partial charge is 0.465 e. The van der Waals surface area contributed by atoms with Gasteiger partial charge >= 0.3 is 17.9 Å². The fraction of sp³-hybridized carbons (Fsp3) is 0.792. The Morgan fingerprint density at radius 1 is 1.26 bits per heavy atom. The van der Waals surface area contributed by atoms with Crippen molar-refractivity contribution in [3.05, 3.63) is 11.6 Å². The molecule has 0 unspecified atom stereocenters. The van der Waals surface area contributed by atoms with E-state index in [0.717, 1.165) is 37.7 Å². The van der Waals surface area contributed by atoms with E-state index in [0.29, 0.717) is 25.6 Å². The van der Waals surface area contributed by atoms with E-state index in [2.05, 4.69) is 13.8 Å². The SMILES string of the molecule is CC(=O)OC[C@@]12[C@@H](OC(C)=O)C[C@@H](C)[C@](C)(CCC3=CC(=O)OC3)[C@@H]1CCC[C@]21CO1. The van der Waals surface area contributed by atoms with Gasteiger partial charge in [-0.05, 0) is 54.9 Å². The number of cyclic esters (lactones) is 1. The fourth-order valence-corrected chi connectivity index (χ4v) is 6.79. The van der Waals surface area contributed by atoms with Crippen LogP contribution in [0.15, 0.2) is 11.6 Å². The van der Waals surface area contributed by atoms with Crippen LogP contribution >= 0.6 is 0 Å². The predicted molar refractivity (Wildman–Crippen MR) is 111 cm³/mol. The zero-order valence-electron chi connectivity index (χ0n) is 19.0. The summed E-state index contributed by atoms with van der Waals surface area (Å²) in [6, 6.07) is 0. The van der Waals surface area contributed by atoms with Gasteiger partial charge in [-0.25, -0.2) is 4.79 Å². The Labute approximate surface area is 183 Å². The molecule has 0 aromatic rings. The highest BCUT2D eigenvalue weighted by Gasteiger charge is 2.74. The van der Waals surface area contributed by atoms with Gasteiger partial charge in [-0.3, -0.25) is 9.59 Å². The molecule has 0 N–H and O–H groups in total. The van der Waals surface area contributed by atoms with Crippen molar-refractivity contribution in [1.29, 1.82) is 0 Å². The van der Waals surface area contributed by atoms with Gasteiger partial charge in [0.1, 0.15) is 24.9 Å². The third-order valence-electron chi connectivity index (χ3n) is 8.63. The fourth-order valence-electron chi connectivity index (χ4n) is 6.79. The van der Waals surface area contributed by atoms with Crippen molar-refractivity contribution in [2.24, 2.45) is 22.7 Å². The second-order valence-corrected chi connectivity index (χ2v) is 10.2. The van der Waals surface area contributed by atoms with Gasteiger partial charge < -0.3 is 18.9 Å². The van der Waals surface area contributed by atoms with Gasteiger partial charge in [0.2, 0.25) is 0 Å². The Kier molecular flexibility index (Phi) is 5.69. The first-order valence-corrected chi connectivity index (χ1v) is 11.4. The first-order chi connectivity index (χ1) is 14.6. The van der Waals surface area contributed by atoms with Crippen molar-refractivity contribution >= 4 is 17.9 Å². The molecule has 0 amide bonds. The third kappa shape index (κ3) is 3.69. The number of epoxide rings is 1. The Morgan fingerprint density at radius 3 is 2.58 bits per heavy atom. The van der Waals surface area contributed by atoms with Crippen LogP contribution in [0.5, 0.6) is 0 Å². The van der Waals surface area contributed by atoms with E-state index >= 15 is 0 Å².